The number of nitrogens with zero attached hydrogens (tertiary/aromatic N) is 3. The molecule has 200 valence electrons. The fourth-order valence-corrected chi connectivity index (χ4v) is 5.75. The number of aromatic nitrogens is 1. The van der Waals surface area contributed by atoms with Gasteiger partial charge in [0.2, 0.25) is 0 Å². The molecule has 0 spiro atoms. The molecule has 0 radical (unpaired) electrons. The van der Waals surface area contributed by atoms with Crippen LogP contribution in [-0.4, -0.2) is 87.8 Å². The van der Waals surface area contributed by atoms with Gasteiger partial charge in [0.15, 0.2) is 0 Å². The summed E-state index contributed by atoms with van der Waals surface area (Å²) >= 11 is 0. The Kier molecular flexibility index (Phi) is 7.34. The molecule has 3 aromatic rings. The lowest BCUT2D eigenvalue weighted by atomic mass is 10.1. The number of hydrogen-bond acceptors (Lipinski definition) is 8. The lowest BCUT2D eigenvalue weighted by molar-refractivity contribution is 0.0370. The van der Waals surface area contributed by atoms with Gasteiger partial charge in [-0.1, -0.05) is 18.2 Å². The average molecular weight is 541 g/mol. The van der Waals surface area contributed by atoms with Crippen LogP contribution in [0.15, 0.2) is 59.6 Å². The van der Waals surface area contributed by atoms with Crippen molar-refractivity contribution >= 4 is 38.6 Å². The van der Waals surface area contributed by atoms with Gasteiger partial charge >= 0.3 is 6.09 Å². The summed E-state index contributed by atoms with van der Waals surface area (Å²) in [6, 6.07) is 13.0. The summed E-state index contributed by atoms with van der Waals surface area (Å²) in [5, 5.41) is 0.698. The molecule has 2 aliphatic heterocycles. The second kappa shape index (κ2) is 10.8. The molecule has 2 aliphatic rings. The van der Waals surface area contributed by atoms with Crippen LogP contribution in [-0.2, 0) is 19.5 Å². The van der Waals surface area contributed by atoms with Gasteiger partial charge < -0.3 is 24.0 Å². The van der Waals surface area contributed by atoms with E-state index in [2.05, 4.69) is 9.71 Å². The van der Waals surface area contributed by atoms with E-state index in [9.17, 15) is 18.0 Å². The van der Waals surface area contributed by atoms with Gasteiger partial charge in [0.1, 0.15) is 16.7 Å². The lowest BCUT2D eigenvalue weighted by Gasteiger charge is -2.34. The fourth-order valence-electron chi connectivity index (χ4n) is 4.50. The van der Waals surface area contributed by atoms with Gasteiger partial charge in [-0.2, -0.15) is 0 Å². The monoisotopic (exact) mass is 540 g/mol. The van der Waals surface area contributed by atoms with Crippen LogP contribution in [0.1, 0.15) is 16.8 Å². The van der Waals surface area contributed by atoms with E-state index in [0.717, 1.165) is 0 Å². The molecular weight excluding hydrogens is 512 g/mol. The highest BCUT2D eigenvalue weighted by atomic mass is 32.2. The van der Waals surface area contributed by atoms with Gasteiger partial charge in [-0.05, 0) is 30.3 Å². The average Bonchev–Trinajstić information content (AvgIpc) is 3.45. The number of pyridine rings is 1. The lowest BCUT2D eigenvalue weighted by Crippen LogP contribution is -2.51. The molecule has 5 rings (SSSR count). The van der Waals surface area contributed by atoms with Crippen molar-refractivity contribution in [2.45, 2.75) is 17.4 Å². The van der Waals surface area contributed by atoms with Crippen LogP contribution in [0.2, 0.25) is 0 Å². The SMILES string of the molecule is COc1cc(C(=O)N2CCN(C(=O)OC3CCOC3)CC2)ccc1NS(=O)(=O)c1cccc2cccnc12. The summed E-state index contributed by atoms with van der Waals surface area (Å²) in [7, 11) is -2.59. The Labute approximate surface area is 220 Å². The van der Waals surface area contributed by atoms with Gasteiger partial charge in [0.05, 0.1) is 31.5 Å². The van der Waals surface area contributed by atoms with Crippen molar-refractivity contribution in [2.75, 3.05) is 51.2 Å². The Morgan fingerprint density at radius 1 is 1.05 bits per heavy atom. The number of benzene rings is 2. The number of nitrogens with one attached hydrogen (secondary N) is 1. The Bertz CT molecular complexity index is 1440. The number of para-hydroxylation sites is 1. The summed E-state index contributed by atoms with van der Waals surface area (Å²) in [4.78, 5) is 33.0. The number of piperazine rings is 1. The third kappa shape index (κ3) is 5.36. The van der Waals surface area contributed by atoms with Crippen LogP contribution in [0.5, 0.6) is 5.75 Å². The van der Waals surface area contributed by atoms with Crippen LogP contribution in [0.4, 0.5) is 10.5 Å². The van der Waals surface area contributed by atoms with Crippen molar-refractivity contribution in [2.24, 2.45) is 0 Å². The molecule has 2 amide bonds. The van der Waals surface area contributed by atoms with E-state index >= 15 is 0 Å². The second-order valence-corrected chi connectivity index (χ2v) is 10.7. The summed E-state index contributed by atoms with van der Waals surface area (Å²) in [6.45, 7) is 2.40. The summed E-state index contributed by atoms with van der Waals surface area (Å²) in [6.07, 6.45) is 1.61. The molecule has 3 heterocycles. The number of ether oxygens (including phenoxy) is 3. The Hall–Kier alpha value is -3.90. The number of fused-ring (bicyclic) bond motifs is 1. The van der Waals surface area contributed by atoms with Crippen LogP contribution in [0, 0.1) is 0 Å². The minimum atomic E-state index is -3.99. The maximum absolute atomic E-state index is 13.2. The number of carbonyl (C=O) groups excluding carboxylic acids is 2. The molecule has 11 nitrogen and oxygen atoms in total. The molecule has 2 fully saturated rings. The maximum atomic E-state index is 13.2. The highest BCUT2D eigenvalue weighted by Crippen LogP contribution is 2.30. The number of methoxy groups -OCH3 is 1. The molecule has 38 heavy (non-hydrogen) atoms. The number of rotatable bonds is 6. The zero-order chi connectivity index (χ0) is 26.7. The Morgan fingerprint density at radius 2 is 1.82 bits per heavy atom. The number of carbonyl (C=O) groups is 2. The van der Waals surface area contributed by atoms with Gasteiger partial charge in [-0.15, -0.1) is 0 Å². The fraction of sp³-hybridized carbons (Fsp3) is 0.346. The van der Waals surface area contributed by atoms with E-state index in [0.29, 0.717) is 62.3 Å². The van der Waals surface area contributed by atoms with Gasteiger partial charge in [-0.3, -0.25) is 14.5 Å². The minimum absolute atomic E-state index is 0.0367. The highest BCUT2D eigenvalue weighted by molar-refractivity contribution is 7.93. The van der Waals surface area contributed by atoms with Crippen molar-refractivity contribution in [3.63, 3.8) is 0 Å². The molecule has 1 atom stereocenters. The number of sulfonamides is 1. The predicted octanol–water partition coefficient (Wildman–Crippen LogP) is 2.73. The van der Waals surface area contributed by atoms with Crippen LogP contribution < -0.4 is 9.46 Å². The number of amides is 2. The van der Waals surface area contributed by atoms with Crippen molar-refractivity contribution < 1.29 is 32.2 Å². The quantitative estimate of drug-likeness (QED) is 0.506. The molecular formula is C26H28N4O7S. The molecule has 2 saturated heterocycles. The standard InChI is InChI=1S/C26H28N4O7S/c1-35-22-16-19(25(31)29-11-13-30(14-12-29)26(32)37-20-9-15-36-17-20)7-8-21(22)28-38(33,34)23-6-2-4-18-5-3-10-27-24(18)23/h2-8,10,16,20,28H,9,11-15,17H2,1H3. The zero-order valence-corrected chi connectivity index (χ0v) is 21.6. The Morgan fingerprint density at radius 3 is 2.55 bits per heavy atom. The van der Waals surface area contributed by atoms with Crippen LogP contribution in [0.25, 0.3) is 10.9 Å². The molecule has 1 unspecified atom stereocenters. The first kappa shape index (κ1) is 25.7. The molecule has 1 N–H and O–H groups in total. The topological polar surface area (TPSA) is 127 Å². The number of anilines is 1. The van der Waals surface area contributed by atoms with Crippen molar-refractivity contribution in [3.05, 3.63) is 60.3 Å². The third-order valence-corrected chi connectivity index (χ3v) is 7.96. The van der Waals surface area contributed by atoms with E-state index in [1.54, 1.807) is 40.1 Å². The van der Waals surface area contributed by atoms with Gasteiger partial charge in [0, 0.05) is 49.7 Å². The molecule has 0 bridgehead atoms. The minimum Gasteiger partial charge on any atom is -0.495 e. The highest BCUT2D eigenvalue weighted by Gasteiger charge is 2.29. The maximum Gasteiger partial charge on any atom is 0.410 e. The van der Waals surface area contributed by atoms with Crippen LogP contribution >= 0.6 is 0 Å². The van der Waals surface area contributed by atoms with E-state index < -0.39 is 16.1 Å². The van der Waals surface area contributed by atoms with Gasteiger partial charge in [-0.25, -0.2) is 13.2 Å². The van der Waals surface area contributed by atoms with E-state index in [-0.39, 0.29) is 28.3 Å². The van der Waals surface area contributed by atoms with E-state index in [1.165, 1.54) is 31.5 Å². The smallest absolute Gasteiger partial charge is 0.410 e. The first-order valence-corrected chi connectivity index (χ1v) is 13.7. The van der Waals surface area contributed by atoms with E-state index in [4.69, 9.17) is 14.2 Å². The summed E-state index contributed by atoms with van der Waals surface area (Å²) < 4.78 is 45.1. The molecule has 2 aromatic carbocycles. The largest absolute Gasteiger partial charge is 0.495 e. The third-order valence-electron chi connectivity index (χ3n) is 6.56. The summed E-state index contributed by atoms with van der Waals surface area (Å²) in [5.41, 5.74) is 0.893. The molecule has 0 saturated carbocycles. The zero-order valence-electron chi connectivity index (χ0n) is 20.8. The van der Waals surface area contributed by atoms with Crippen molar-refractivity contribution in [1.82, 2.24) is 14.8 Å². The second-order valence-electron chi connectivity index (χ2n) is 9.00. The summed E-state index contributed by atoms with van der Waals surface area (Å²) in [5.74, 6) is -0.0400. The van der Waals surface area contributed by atoms with E-state index in [1.807, 2.05) is 0 Å². The van der Waals surface area contributed by atoms with Crippen molar-refractivity contribution in [3.8, 4) is 5.75 Å². The molecule has 0 aliphatic carbocycles. The number of hydrogen-bond donors (Lipinski definition) is 1. The molecule has 1 aromatic heterocycles. The van der Waals surface area contributed by atoms with Crippen LogP contribution in [0.3, 0.4) is 0 Å². The normalized spacial score (nSPS) is 17.9. The Balaban J connectivity index is 1.26. The first-order valence-electron chi connectivity index (χ1n) is 12.2. The molecule has 12 heteroatoms. The van der Waals surface area contributed by atoms with Crippen molar-refractivity contribution in [1.29, 1.82) is 0 Å². The predicted molar refractivity (Wildman–Crippen MR) is 139 cm³/mol. The van der Waals surface area contributed by atoms with Gasteiger partial charge in [0.25, 0.3) is 15.9 Å². The first-order chi connectivity index (χ1) is 18.4.